The Kier molecular flexibility index (Phi) is 5.98. The number of H-pyrrole nitrogens is 1. The van der Waals surface area contributed by atoms with E-state index >= 15 is 0 Å². The first kappa shape index (κ1) is 18.2. The van der Waals surface area contributed by atoms with Crippen LogP contribution in [0.15, 0.2) is 24.4 Å². The molecule has 1 fully saturated rings. The fourth-order valence-electron chi connectivity index (χ4n) is 3.43. The molecule has 0 spiro atoms. The Morgan fingerprint density at radius 2 is 2.28 bits per heavy atom. The smallest absolute Gasteiger partial charge is 0.407 e. The normalized spacial score (nSPS) is 17.2. The third-order valence-corrected chi connectivity index (χ3v) is 5.87. The molecule has 1 aliphatic heterocycles. The van der Waals surface area contributed by atoms with Crippen LogP contribution in [-0.2, 0) is 6.42 Å². The number of hydrogen-bond donors (Lipinski definition) is 2. The first-order valence-corrected chi connectivity index (χ1v) is 10.0. The van der Waals surface area contributed by atoms with Crippen LogP contribution in [0.5, 0.6) is 0 Å². The zero-order valence-corrected chi connectivity index (χ0v) is 16.6. The molecule has 6 heteroatoms. The lowest BCUT2D eigenvalue weighted by molar-refractivity contribution is 0.139. The first-order valence-electron chi connectivity index (χ1n) is 8.93. The number of nitrogens with zero attached hydrogens (tertiary/aromatic N) is 2. The standard InChI is InChI=1S/C19H24IN3O2/c1-2-3-4-6-13-11-14(8-9-15(13)20)16-12-21-18(22-16)17-7-5-10-23(17)19(24)25/h8-9,11-12,17H,2-7,10H2,1H3,(H,21,22)(H,24,25)/t17-/m0/s1. The molecule has 134 valence electrons. The molecule has 1 saturated heterocycles. The number of imidazole rings is 1. The molecule has 1 atom stereocenters. The molecule has 0 aliphatic carbocycles. The second-order valence-corrected chi connectivity index (χ2v) is 7.74. The number of rotatable bonds is 6. The number of amides is 1. The van der Waals surface area contributed by atoms with Crippen LogP contribution >= 0.6 is 22.6 Å². The highest BCUT2D eigenvalue weighted by Crippen LogP contribution is 2.32. The van der Waals surface area contributed by atoms with Crippen molar-refractivity contribution in [3.05, 3.63) is 39.4 Å². The van der Waals surface area contributed by atoms with Crippen molar-refractivity contribution in [2.24, 2.45) is 0 Å². The minimum Gasteiger partial charge on any atom is -0.465 e. The molecule has 5 nitrogen and oxygen atoms in total. The number of aromatic amines is 1. The van der Waals surface area contributed by atoms with Gasteiger partial charge in [0, 0.05) is 10.1 Å². The van der Waals surface area contributed by atoms with Gasteiger partial charge in [0.1, 0.15) is 5.82 Å². The van der Waals surface area contributed by atoms with Crippen LogP contribution in [0.2, 0.25) is 0 Å². The summed E-state index contributed by atoms with van der Waals surface area (Å²) >= 11 is 2.40. The van der Waals surface area contributed by atoms with Gasteiger partial charge in [-0.1, -0.05) is 25.8 Å². The summed E-state index contributed by atoms with van der Waals surface area (Å²) in [6, 6.07) is 6.33. The van der Waals surface area contributed by atoms with Gasteiger partial charge in [-0.3, -0.25) is 4.90 Å². The molecule has 1 aromatic heterocycles. The molecule has 0 saturated carbocycles. The molecule has 0 bridgehead atoms. The van der Waals surface area contributed by atoms with E-state index in [4.69, 9.17) is 0 Å². The monoisotopic (exact) mass is 453 g/mol. The third kappa shape index (κ3) is 4.16. The van der Waals surface area contributed by atoms with E-state index in [2.05, 4.69) is 57.7 Å². The van der Waals surface area contributed by atoms with Gasteiger partial charge in [-0.25, -0.2) is 9.78 Å². The molecule has 3 rings (SSSR count). The zero-order valence-electron chi connectivity index (χ0n) is 14.5. The lowest BCUT2D eigenvalue weighted by Gasteiger charge is -2.19. The predicted molar refractivity (Wildman–Crippen MR) is 107 cm³/mol. The highest BCUT2D eigenvalue weighted by molar-refractivity contribution is 14.1. The van der Waals surface area contributed by atoms with Gasteiger partial charge in [-0.15, -0.1) is 0 Å². The predicted octanol–water partition coefficient (Wildman–Crippen LogP) is 5.23. The minimum atomic E-state index is -0.868. The molecule has 0 radical (unpaired) electrons. The van der Waals surface area contributed by atoms with Crippen molar-refractivity contribution in [2.45, 2.75) is 51.5 Å². The van der Waals surface area contributed by atoms with E-state index in [1.54, 1.807) is 0 Å². The van der Waals surface area contributed by atoms with E-state index in [1.807, 2.05) is 6.20 Å². The minimum absolute atomic E-state index is 0.154. The maximum Gasteiger partial charge on any atom is 0.407 e. The zero-order chi connectivity index (χ0) is 17.8. The number of likely N-dealkylation sites (tertiary alicyclic amines) is 1. The van der Waals surface area contributed by atoms with E-state index in [0.717, 1.165) is 36.3 Å². The Balaban J connectivity index is 1.80. The largest absolute Gasteiger partial charge is 0.465 e. The van der Waals surface area contributed by atoms with Gasteiger partial charge < -0.3 is 10.1 Å². The van der Waals surface area contributed by atoms with Crippen molar-refractivity contribution in [1.29, 1.82) is 0 Å². The van der Waals surface area contributed by atoms with E-state index in [0.29, 0.717) is 6.54 Å². The van der Waals surface area contributed by atoms with Crippen molar-refractivity contribution in [2.75, 3.05) is 6.54 Å². The summed E-state index contributed by atoms with van der Waals surface area (Å²) in [5.41, 5.74) is 3.45. The molecule has 2 N–H and O–H groups in total. The Morgan fingerprint density at radius 1 is 1.44 bits per heavy atom. The number of benzene rings is 1. The lowest BCUT2D eigenvalue weighted by Crippen LogP contribution is -2.29. The number of carbonyl (C=O) groups is 1. The van der Waals surface area contributed by atoms with E-state index < -0.39 is 6.09 Å². The fraction of sp³-hybridized carbons (Fsp3) is 0.474. The van der Waals surface area contributed by atoms with Crippen LogP contribution in [0.25, 0.3) is 11.3 Å². The number of aromatic nitrogens is 2. The molecule has 1 aliphatic rings. The first-order chi connectivity index (χ1) is 12.1. The molecule has 2 heterocycles. The molecule has 0 unspecified atom stereocenters. The quantitative estimate of drug-likeness (QED) is 0.465. The van der Waals surface area contributed by atoms with E-state index in [9.17, 15) is 9.90 Å². The SMILES string of the molecule is CCCCCc1cc(-c2cnc([C@@H]3CCCN3C(=O)O)[nH]2)ccc1I. The van der Waals surface area contributed by atoms with Crippen molar-refractivity contribution >= 4 is 28.7 Å². The van der Waals surface area contributed by atoms with Crippen molar-refractivity contribution in [1.82, 2.24) is 14.9 Å². The number of nitrogens with one attached hydrogen (secondary N) is 1. The van der Waals surface area contributed by atoms with Gasteiger partial charge >= 0.3 is 6.09 Å². The van der Waals surface area contributed by atoms with Gasteiger partial charge in [0.05, 0.1) is 17.9 Å². The van der Waals surface area contributed by atoms with Crippen LogP contribution < -0.4 is 0 Å². The third-order valence-electron chi connectivity index (χ3n) is 4.82. The van der Waals surface area contributed by atoms with Crippen LogP contribution in [-0.4, -0.2) is 32.6 Å². The molecular weight excluding hydrogens is 429 g/mol. The van der Waals surface area contributed by atoms with Crippen LogP contribution in [0.3, 0.4) is 0 Å². The Bertz CT molecular complexity index is 744. The van der Waals surface area contributed by atoms with Crippen LogP contribution in [0, 0.1) is 3.57 Å². The molecule has 1 aromatic carbocycles. The van der Waals surface area contributed by atoms with Crippen molar-refractivity contribution in [3.8, 4) is 11.3 Å². The second kappa shape index (κ2) is 8.21. The van der Waals surface area contributed by atoms with Gasteiger partial charge in [-0.05, 0) is 71.5 Å². The van der Waals surface area contributed by atoms with Gasteiger partial charge in [-0.2, -0.15) is 0 Å². The van der Waals surface area contributed by atoms with E-state index in [-0.39, 0.29) is 6.04 Å². The van der Waals surface area contributed by atoms with E-state index in [1.165, 1.54) is 33.3 Å². The molecular formula is C19H24IN3O2. The lowest BCUT2D eigenvalue weighted by atomic mass is 10.0. The topological polar surface area (TPSA) is 69.2 Å². The van der Waals surface area contributed by atoms with Crippen LogP contribution in [0.4, 0.5) is 4.79 Å². The summed E-state index contributed by atoms with van der Waals surface area (Å²) < 4.78 is 1.30. The summed E-state index contributed by atoms with van der Waals surface area (Å²) in [6.07, 6.45) is 7.45. The summed E-state index contributed by atoms with van der Waals surface area (Å²) in [5.74, 6) is 0.751. The highest BCUT2D eigenvalue weighted by Gasteiger charge is 2.31. The van der Waals surface area contributed by atoms with Crippen molar-refractivity contribution < 1.29 is 9.90 Å². The Labute approximate surface area is 162 Å². The number of halogens is 1. The average molecular weight is 453 g/mol. The number of carboxylic acid groups (broad SMARTS) is 1. The van der Waals surface area contributed by atoms with Gasteiger partial charge in [0.2, 0.25) is 0 Å². The van der Waals surface area contributed by atoms with Gasteiger partial charge in [0.15, 0.2) is 0 Å². The van der Waals surface area contributed by atoms with Crippen LogP contribution in [0.1, 0.15) is 56.5 Å². The summed E-state index contributed by atoms with van der Waals surface area (Å²) in [7, 11) is 0. The molecule has 1 amide bonds. The maximum absolute atomic E-state index is 11.4. The maximum atomic E-state index is 11.4. The Morgan fingerprint density at radius 3 is 3.04 bits per heavy atom. The highest BCUT2D eigenvalue weighted by atomic mass is 127. The molecule has 2 aromatic rings. The number of aryl methyl sites for hydroxylation is 1. The average Bonchev–Trinajstić information content (AvgIpc) is 3.25. The van der Waals surface area contributed by atoms with Crippen molar-refractivity contribution in [3.63, 3.8) is 0 Å². The summed E-state index contributed by atoms with van der Waals surface area (Å²) in [4.78, 5) is 20.7. The summed E-state index contributed by atoms with van der Waals surface area (Å²) in [5, 5.41) is 9.32. The fourth-order valence-corrected chi connectivity index (χ4v) is 4.04. The number of unbranched alkanes of at least 4 members (excludes halogenated alkanes) is 2. The summed E-state index contributed by atoms with van der Waals surface area (Å²) in [6.45, 7) is 2.80. The Hall–Kier alpha value is -1.57. The van der Waals surface area contributed by atoms with Gasteiger partial charge in [0.25, 0.3) is 0 Å². The number of hydrogen-bond acceptors (Lipinski definition) is 2. The molecule has 25 heavy (non-hydrogen) atoms. The second-order valence-electron chi connectivity index (χ2n) is 6.58.